The maximum absolute atomic E-state index is 12.1. The number of nitrogens with zero attached hydrogens (tertiary/aromatic N) is 3. The minimum Gasteiger partial charge on any atom is -0.462 e. The van der Waals surface area contributed by atoms with Crippen LogP contribution in [0.2, 0.25) is 5.02 Å². The van der Waals surface area contributed by atoms with Crippen molar-refractivity contribution in [3.05, 3.63) is 22.5 Å². The summed E-state index contributed by atoms with van der Waals surface area (Å²) in [5.41, 5.74) is 1.77. The van der Waals surface area contributed by atoms with Crippen LogP contribution in [0.4, 0.5) is 0 Å². The minimum absolute atomic E-state index is 0.312. The van der Waals surface area contributed by atoms with Gasteiger partial charge in [0.05, 0.1) is 28.9 Å². The Morgan fingerprint density at radius 1 is 1.40 bits per heavy atom. The summed E-state index contributed by atoms with van der Waals surface area (Å²) in [4.78, 5) is 16.7. The predicted octanol–water partition coefficient (Wildman–Crippen LogP) is 3.23. The maximum Gasteiger partial charge on any atom is 0.341 e. The second-order valence-electron chi connectivity index (χ2n) is 4.42. The summed E-state index contributed by atoms with van der Waals surface area (Å²) >= 11 is 6.39. The number of esters is 1. The molecule has 0 radical (unpaired) electrons. The van der Waals surface area contributed by atoms with E-state index in [1.807, 2.05) is 13.8 Å². The minimum atomic E-state index is -0.417. The van der Waals surface area contributed by atoms with Gasteiger partial charge in [-0.2, -0.15) is 5.10 Å². The number of fused-ring (bicyclic) bond motifs is 1. The molecule has 0 fully saturated rings. The van der Waals surface area contributed by atoms with Gasteiger partial charge < -0.3 is 4.74 Å². The molecule has 0 spiro atoms. The lowest BCUT2D eigenvalue weighted by molar-refractivity contribution is 0.0525. The number of rotatable bonds is 5. The first kappa shape index (κ1) is 14.8. The van der Waals surface area contributed by atoms with Gasteiger partial charge in [-0.25, -0.2) is 14.5 Å². The van der Waals surface area contributed by atoms with Gasteiger partial charge in [-0.3, -0.25) is 0 Å². The van der Waals surface area contributed by atoms with Crippen LogP contribution >= 0.6 is 11.6 Å². The molecule has 0 atom stereocenters. The van der Waals surface area contributed by atoms with Crippen LogP contribution in [-0.4, -0.2) is 27.3 Å². The van der Waals surface area contributed by atoms with Crippen LogP contribution in [0, 0.1) is 0 Å². The number of halogens is 1. The highest BCUT2D eigenvalue weighted by molar-refractivity contribution is 6.38. The SMILES string of the molecule is CCCc1nc2c(cnn2CC)c(Cl)c1C(=O)OCC. The molecular formula is C14H18ClN3O2. The lowest BCUT2D eigenvalue weighted by Crippen LogP contribution is -2.12. The third-order valence-electron chi connectivity index (χ3n) is 3.06. The Labute approximate surface area is 122 Å². The molecule has 2 heterocycles. The molecule has 0 amide bonds. The first-order valence-corrected chi connectivity index (χ1v) is 7.22. The van der Waals surface area contributed by atoms with Crippen molar-refractivity contribution in [1.29, 1.82) is 0 Å². The molecule has 2 aromatic heterocycles. The predicted molar refractivity (Wildman–Crippen MR) is 78.2 cm³/mol. The van der Waals surface area contributed by atoms with Crippen LogP contribution in [0.15, 0.2) is 6.20 Å². The van der Waals surface area contributed by atoms with Crippen LogP contribution in [-0.2, 0) is 17.7 Å². The number of ether oxygens (including phenoxy) is 1. The second kappa shape index (κ2) is 6.22. The molecule has 2 aromatic rings. The lowest BCUT2D eigenvalue weighted by atomic mass is 10.1. The van der Waals surface area contributed by atoms with Gasteiger partial charge in [0.15, 0.2) is 5.65 Å². The van der Waals surface area contributed by atoms with E-state index in [0.29, 0.717) is 46.9 Å². The largest absolute Gasteiger partial charge is 0.462 e. The van der Waals surface area contributed by atoms with Crippen molar-refractivity contribution < 1.29 is 9.53 Å². The highest BCUT2D eigenvalue weighted by Gasteiger charge is 2.22. The third-order valence-corrected chi connectivity index (χ3v) is 3.46. The fraction of sp³-hybridized carbons (Fsp3) is 0.500. The summed E-state index contributed by atoms with van der Waals surface area (Å²) < 4.78 is 6.86. The molecule has 0 bridgehead atoms. The Balaban J connectivity index is 2.68. The van der Waals surface area contributed by atoms with E-state index in [4.69, 9.17) is 16.3 Å². The molecule has 0 aliphatic rings. The van der Waals surface area contributed by atoms with E-state index in [1.54, 1.807) is 17.8 Å². The van der Waals surface area contributed by atoms with Crippen LogP contribution in [0.1, 0.15) is 43.2 Å². The van der Waals surface area contributed by atoms with Gasteiger partial charge in [-0.05, 0) is 20.3 Å². The topological polar surface area (TPSA) is 57.0 Å². The van der Waals surface area contributed by atoms with E-state index >= 15 is 0 Å². The van der Waals surface area contributed by atoms with Gasteiger partial charge in [-0.15, -0.1) is 0 Å². The van der Waals surface area contributed by atoms with E-state index in [1.165, 1.54) is 0 Å². The van der Waals surface area contributed by atoms with E-state index in [0.717, 1.165) is 6.42 Å². The van der Waals surface area contributed by atoms with Crippen molar-refractivity contribution in [3.63, 3.8) is 0 Å². The van der Waals surface area contributed by atoms with Gasteiger partial charge in [-0.1, -0.05) is 24.9 Å². The molecule has 0 aliphatic carbocycles. The molecule has 108 valence electrons. The van der Waals surface area contributed by atoms with Crippen molar-refractivity contribution in [1.82, 2.24) is 14.8 Å². The molecule has 0 aromatic carbocycles. The highest BCUT2D eigenvalue weighted by Crippen LogP contribution is 2.29. The quantitative estimate of drug-likeness (QED) is 0.795. The average Bonchev–Trinajstić information content (AvgIpc) is 2.82. The summed E-state index contributed by atoms with van der Waals surface area (Å²) in [6.45, 7) is 6.81. The molecular weight excluding hydrogens is 278 g/mol. The fourth-order valence-corrected chi connectivity index (χ4v) is 2.48. The van der Waals surface area contributed by atoms with E-state index in [2.05, 4.69) is 10.1 Å². The van der Waals surface area contributed by atoms with Crippen molar-refractivity contribution in [3.8, 4) is 0 Å². The summed E-state index contributed by atoms with van der Waals surface area (Å²) in [6, 6.07) is 0. The number of aryl methyl sites for hydroxylation is 2. The Hall–Kier alpha value is -1.62. The highest BCUT2D eigenvalue weighted by atomic mass is 35.5. The van der Waals surface area contributed by atoms with Gasteiger partial charge in [0.25, 0.3) is 0 Å². The van der Waals surface area contributed by atoms with E-state index < -0.39 is 5.97 Å². The van der Waals surface area contributed by atoms with Crippen LogP contribution in [0.3, 0.4) is 0 Å². The lowest BCUT2D eigenvalue weighted by Gasteiger charge is -2.11. The van der Waals surface area contributed by atoms with Gasteiger partial charge in [0.1, 0.15) is 5.56 Å². The number of hydrogen-bond donors (Lipinski definition) is 0. The number of aromatic nitrogens is 3. The van der Waals surface area contributed by atoms with E-state index in [-0.39, 0.29) is 0 Å². The van der Waals surface area contributed by atoms with Gasteiger partial charge >= 0.3 is 5.97 Å². The standard InChI is InChI=1S/C14H18ClN3O2/c1-4-7-10-11(14(19)20-6-3)12(15)9-8-16-18(5-2)13(9)17-10/h8H,4-7H2,1-3H3. The normalized spacial score (nSPS) is 11.0. The third kappa shape index (κ3) is 2.50. The second-order valence-corrected chi connectivity index (χ2v) is 4.79. The molecule has 0 saturated heterocycles. The summed E-state index contributed by atoms with van der Waals surface area (Å²) in [7, 11) is 0. The average molecular weight is 296 g/mol. The molecule has 0 unspecified atom stereocenters. The van der Waals surface area contributed by atoms with Crippen molar-refractivity contribution in [2.75, 3.05) is 6.61 Å². The van der Waals surface area contributed by atoms with Crippen LogP contribution in [0.5, 0.6) is 0 Å². The van der Waals surface area contributed by atoms with Crippen molar-refractivity contribution >= 4 is 28.6 Å². The molecule has 6 heteroatoms. The first-order chi connectivity index (χ1) is 9.63. The Bertz CT molecular complexity index is 637. The van der Waals surface area contributed by atoms with Crippen LogP contribution in [0.25, 0.3) is 11.0 Å². The number of carbonyl (C=O) groups is 1. The molecule has 0 N–H and O–H groups in total. The molecule has 5 nitrogen and oxygen atoms in total. The molecule has 0 saturated carbocycles. The van der Waals surface area contributed by atoms with Gasteiger partial charge in [0, 0.05) is 6.54 Å². The van der Waals surface area contributed by atoms with Crippen LogP contribution < -0.4 is 0 Å². The molecule has 0 aliphatic heterocycles. The van der Waals surface area contributed by atoms with Crippen molar-refractivity contribution in [2.45, 2.75) is 40.2 Å². The maximum atomic E-state index is 12.1. The number of carbonyl (C=O) groups excluding carboxylic acids is 1. The summed E-state index contributed by atoms with van der Waals surface area (Å²) in [5.74, 6) is -0.417. The summed E-state index contributed by atoms with van der Waals surface area (Å²) in [6.07, 6.45) is 3.20. The zero-order valence-corrected chi connectivity index (χ0v) is 12.7. The van der Waals surface area contributed by atoms with Crippen molar-refractivity contribution in [2.24, 2.45) is 0 Å². The Kier molecular flexibility index (Phi) is 4.60. The zero-order valence-electron chi connectivity index (χ0n) is 11.9. The summed E-state index contributed by atoms with van der Waals surface area (Å²) in [5, 5.41) is 5.32. The molecule has 2 rings (SSSR count). The van der Waals surface area contributed by atoms with Gasteiger partial charge in [0.2, 0.25) is 0 Å². The number of pyridine rings is 1. The number of hydrogen-bond acceptors (Lipinski definition) is 4. The monoisotopic (exact) mass is 295 g/mol. The van der Waals surface area contributed by atoms with E-state index in [9.17, 15) is 4.79 Å². The Morgan fingerprint density at radius 3 is 2.75 bits per heavy atom. The Morgan fingerprint density at radius 2 is 2.15 bits per heavy atom. The zero-order chi connectivity index (χ0) is 14.7. The smallest absolute Gasteiger partial charge is 0.341 e. The first-order valence-electron chi connectivity index (χ1n) is 6.84. The molecule has 20 heavy (non-hydrogen) atoms. The fourth-order valence-electron chi connectivity index (χ4n) is 2.16.